The monoisotopic (exact) mass is 657 g/mol. The van der Waals surface area contributed by atoms with Gasteiger partial charge in [0.2, 0.25) is 11.8 Å². The van der Waals surface area contributed by atoms with Crippen molar-refractivity contribution in [3.8, 4) is 11.5 Å². The molecular formula is C37H43N3O6S. The number of rotatable bonds is 15. The van der Waals surface area contributed by atoms with Crippen molar-refractivity contribution in [3.63, 3.8) is 0 Å². The standard InChI is InChI=1S/C37H43N3O6S/c1-27(2)24-38-37(42)33(22-29-14-8-6-9-15-29)39(25-30-16-12-13-28(3)21-30)36(41)26-40(31-17-10-7-11-18-31)47(43,44)32-19-20-34(45-4)35(23-32)46-5/h6-21,23,27,33H,22,24-26H2,1-5H3,(H,38,42). The van der Waals surface area contributed by atoms with E-state index >= 15 is 0 Å². The van der Waals surface area contributed by atoms with E-state index in [2.05, 4.69) is 5.32 Å². The normalized spacial score (nSPS) is 11.9. The van der Waals surface area contributed by atoms with Crippen LogP contribution in [0.15, 0.2) is 108 Å². The zero-order valence-corrected chi connectivity index (χ0v) is 28.4. The Morgan fingerprint density at radius 2 is 1.43 bits per heavy atom. The third-order valence-electron chi connectivity index (χ3n) is 7.66. The number of carbonyl (C=O) groups is 2. The molecule has 0 aliphatic rings. The maximum atomic E-state index is 14.6. The lowest BCUT2D eigenvalue weighted by atomic mass is 10.0. The molecule has 0 bridgehead atoms. The van der Waals surface area contributed by atoms with Gasteiger partial charge in [0.25, 0.3) is 10.0 Å². The van der Waals surface area contributed by atoms with Crippen LogP contribution in [0.25, 0.3) is 0 Å². The summed E-state index contributed by atoms with van der Waals surface area (Å²) in [5, 5.41) is 3.01. The zero-order chi connectivity index (χ0) is 34.0. The summed E-state index contributed by atoms with van der Waals surface area (Å²) in [6.07, 6.45) is 0.246. The van der Waals surface area contributed by atoms with Crippen molar-refractivity contribution >= 4 is 27.5 Å². The Hall–Kier alpha value is -4.83. The van der Waals surface area contributed by atoms with Crippen LogP contribution in [0.5, 0.6) is 11.5 Å². The molecule has 4 rings (SSSR count). The molecule has 10 heteroatoms. The molecule has 47 heavy (non-hydrogen) atoms. The van der Waals surface area contributed by atoms with Crippen LogP contribution in [-0.2, 0) is 32.6 Å². The molecule has 0 saturated heterocycles. The van der Waals surface area contributed by atoms with Crippen molar-refractivity contribution in [1.82, 2.24) is 10.2 Å². The van der Waals surface area contributed by atoms with Crippen molar-refractivity contribution in [2.24, 2.45) is 5.92 Å². The molecular weight excluding hydrogens is 614 g/mol. The second-order valence-electron chi connectivity index (χ2n) is 11.7. The molecule has 9 nitrogen and oxygen atoms in total. The van der Waals surface area contributed by atoms with E-state index in [0.29, 0.717) is 18.0 Å². The van der Waals surface area contributed by atoms with Gasteiger partial charge >= 0.3 is 0 Å². The van der Waals surface area contributed by atoms with Crippen molar-refractivity contribution < 1.29 is 27.5 Å². The number of methoxy groups -OCH3 is 2. The molecule has 0 aromatic heterocycles. The molecule has 0 aliphatic heterocycles. The molecule has 1 atom stereocenters. The van der Waals surface area contributed by atoms with Crippen LogP contribution in [0, 0.1) is 12.8 Å². The summed E-state index contributed by atoms with van der Waals surface area (Å²) < 4.78 is 40.4. The zero-order valence-electron chi connectivity index (χ0n) is 27.6. The minimum Gasteiger partial charge on any atom is -0.493 e. The first-order valence-electron chi connectivity index (χ1n) is 15.5. The van der Waals surface area contributed by atoms with Gasteiger partial charge in [-0.15, -0.1) is 0 Å². The highest BCUT2D eigenvalue weighted by Gasteiger charge is 2.35. The molecule has 0 heterocycles. The highest BCUT2D eigenvalue weighted by Crippen LogP contribution is 2.32. The number of hydrogen-bond donors (Lipinski definition) is 1. The van der Waals surface area contributed by atoms with Crippen LogP contribution in [0.4, 0.5) is 5.69 Å². The Labute approximate surface area is 278 Å². The maximum absolute atomic E-state index is 14.6. The number of nitrogens with one attached hydrogen (secondary N) is 1. The van der Waals surface area contributed by atoms with Gasteiger partial charge in [-0.3, -0.25) is 13.9 Å². The Bertz CT molecular complexity index is 1750. The van der Waals surface area contributed by atoms with Crippen LogP contribution >= 0.6 is 0 Å². The lowest BCUT2D eigenvalue weighted by molar-refractivity contribution is -0.140. The van der Waals surface area contributed by atoms with E-state index in [1.165, 1.54) is 37.3 Å². The fourth-order valence-corrected chi connectivity index (χ4v) is 6.64. The number of sulfonamides is 1. The molecule has 4 aromatic rings. The van der Waals surface area contributed by atoms with E-state index in [0.717, 1.165) is 21.0 Å². The van der Waals surface area contributed by atoms with E-state index in [1.807, 2.05) is 75.4 Å². The van der Waals surface area contributed by atoms with Gasteiger partial charge in [-0.25, -0.2) is 8.42 Å². The SMILES string of the molecule is COc1ccc(S(=O)(=O)N(CC(=O)N(Cc2cccc(C)c2)C(Cc2ccccc2)C(=O)NCC(C)C)c2ccccc2)cc1OC. The summed E-state index contributed by atoms with van der Waals surface area (Å²) in [5.74, 6) is -0.0388. The number of ether oxygens (including phenoxy) is 2. The lowest BCUT2D eigenvalue weighted by Crippen LogP contribution is -2.53. The predicted octanol–water partition coefficient (Wildman–Crippen LogP) is 5.62. The van der Waals surface area contributed by atoms with Crippen LogP contribution in [0.2, 0.25) is 0 Å². The third-order valence-corrected chi connectivity index (χ3v) is 9.43. The van der Waals surface area contributed by atoms with Gasteiger partial charge < -0.3 is 19.7 Å². The molecule has 248 valence electrons. The minimum atomic E-state index is -4.30. The Kier molecular flexibility index (Phi) is 12.0. The molecule has 0 aliphatic carbocycles. The lowest BCUT2D eigenvalue weighted by Gasteiger charge is -2.34. The van der Waals surface area contributed by atoms with Crippen molar-refractivity contribution in [2.45, 2.75) is 44.7 Å². The number of amides is 2. The average molecular weight is 658 g/mol. The average Bonchev–Trinajstić information content (AvgIpc) is 3.07. The van der Waals surface area contributed by atoms with E-state index in [1.54, 1.807) is 30.3 Å². The number of para-hydroxylation sites is 1. The van der Waals surface area contributed by atoms with Gasteiger partial charge in [-0.2, -0.15) is 0 Å². The van der Waals surface area contributed by atoms with Crippen LogP contribution in [-0.4, -0.2) is 58.5 Å². The summed E-state index contributed by atoms with van der Waals surface area (Å²) >= 11 is 0. The van der Waals surface area contributed by atoms with E-state index < -0.39 is 28.5 Å². The molecule has 2 amide bonds. The molecule has 0 spiro atoms. The summed E-state index contributed by atoms with van der Waals surface area (Å²) in [6, 6.07) is 29.0. The van der Waals surface area contributed by atoms with Crippen LogP contribution in [0.1, 0.15) is 30.5 Å². The van der Waals surface area contributed by atoms with Crippen molar-refractivity contribution in [3.05, 3.63) is 120 Å². The van der Waals surface area contributed by atoms with Gasteiger partial charge in [-0.1, -0.05) is 92.2 Å². The fourth-order valence-electron chi connectivity index (χ4n) is 5.21. The second-order valence-corrected chi connectivity index (χ2v) is 13.6. The van der Waals surface area contributed by atoms with E-state index in [4.69, 9.17) is 9.47 Å². The number of hydrogen-bond acceptors (Lipinski definition) is 6. The Morgan fingerprint density at radius 3 is 2.04 bits per heavy atom. The first-order valence-corrected chi connectivity index (χ1v) is 16.9. The Balaban J connectivity index is 1.80. The highest BCUT2D eigenvalue weighted by molar-refractivity contribution is 7.92. The number of anilines is 1. The summed E-state index contributed by atoms with van der Waals surface area (Å²) in [6.45, 7) is 5.94. The Morgan fingerprint density at radius 1 is 0.787 bits per heavy atom. The first kappa shape index (κ1) is 35.0. The number of aryl methyl sites for hydroxylation is 1. The minimum absolute atomic E-state index is 0.0763. The molecule has 4 aromatic carbocycles. The van der Waals surface area contributed by atoms with E-state index in [-0.39, 0.29) is 35.4 Å². The van der Waals surface area contributed by atoms with Gasteiger partial charge in [0.05, 0.1) is 24.8 Å². The quantitative estimate of drug-likeness (QED) is 0.178. The first-order chi connectivity index (χ1) is 22.5. The number of carbonyl (C=O) groups excluding carboxylic acids is 2. The van der Waals surface area contributed by atoms with Gasteiger partial charge in [0, 0.05) is 25.6 Å². The summed E-state index contributed by atoms with van der Waals surface area (Å²) in [5.41, 5.74) is 3.00. The van der Waals surface area contributed by atoms with Crippen molar-refractivity contribution in [2.75, 3.05) is 31.6 Å². The van der Waals surface area contributed by atoms with Crippen LogP contribution in [0.3, 0.4) is 0 Å². The smallest absolute Gasteiger partial charge is 0.264 e. The van der Waals surface area contributed by atoms with Gasteiger partial charge in [0.15, 0.2) is 11.5 Å². The third kappa shape index (κ3) is 9.13. The topological polar surface area (TPSA) is 105 Å². The maximum Gasteiger partial charge on any atom is 0.264 e. The summed E-state index contributed by atoms with van der Waals surface area (Å²) in [7, 11) is -1.41. The summed E-state index contributed by atoms with van der Waals surface area (Å²) in [4.78, 5) is 29.9. The van der Waals surface area contributed by atoms with Crippen LogP contribution < -0.4 is 19.1 Å². The largest absolute Gasteiger partial charge is 0.493 e. The molecule has 1 unspecified atom stereocenters. The van der Waals surface area contributed by atoms with Gasteiger partial charge in [0.1, 0.15) is 12.6 Å². The van der Waals surface area contributed by atoms with Gasteiger partial charge in [-0.05, 0) is 48.2 Å². The molecule has 0 radical (unpaired) electrons. The van der Waals surface area contributed by atoms with Crippen molar-refractivity contribution in [1.29, 1.82) is 0 Å². The van der Waals surface area contributed by atoms with E-state index in [9.17, 15) is 18.0 Å². The highest BCUT2D eigenvalue weighted by atomic mass is 32.2. The second kappa shape index (κ2) is 16.1. The number of nitrogens with zero attached hydrogens (tertiary/aromatic N) is 2. The number of benzene rings is 4. The molecule has 1 N–H and O–H groups in total. The molecule has 0 saturated carbocycles. The fraction of sp³-hybridized carbons (Fsp3) is 0.297. The molecule has 0 fully saturated rings. The predicted molar refractivity (Wildman–Crippen MR) is 184 cm³/mol.